The van der Waals surface area contributed by atoms with Gasteiger partial charge in [0.2, 0.25) is 11.8 Å². The van der Waals surface area contributed by atoms with Gasteiger partial charge in [0.25, 0.3) is 0 Å². The summed E-state index contributed by atoms with van der Waals surface area (Å²) < 4.78 is 0. The van der Waals surface area contributed by atoms with Crippen LogP contribution in [0.25, 0.3) is 0 Å². The lowest BCUT2D eigenvalue weighted by atomic mass is 9.81. The minimum Gasteiger partial charge on any atom is -0.480 e. The lowest BCUT2D eigenvalue weighted by Gasteiger charge is -2.28. The minimum absolute atomic E-state index is 0.0143. The highest BCUT2D eigenvalue weighted by Crippen LogP contribution is 2.27. The zero-order valence-electron chi connectivity index (χ0n) is 29.0. The molecule has 4 atom stereocenters. The van der Waals surface area contributed by atoms with Crippen LogP contribution in [0, 0.1) is 17.3 Å². The summed E-state index contributed by atoms with van der Waals surface area (Å²) in [6, 6.07) is 17.0. The summed E-state index contributed by atoms with van der Waals surface area (Å²) in [5.74, 6) is -3.55. The van der Waals surface area contributed by atoms with E-state index in [-0.39, 0.29) is 54.7 Å². The fraction of sp³-hybridized carbons (Fsp3) is 0.500. The monoisotopic (exact) mass is 680 g/mol. The first-order valence-electron chi connectivity index (χ1n) is 16.8. The van der Waals surface area contributed by atoms with Gasteiger partial charge in [-0.15, -0.1) is 0 Å². The van der Waals surface area contributed by atoms with Crippen molar-refractivity contribution in [1.82, 2.24) is 10.6 Å². The van der Waals surface area contributed by atoms with Crippen LogP contribution in [0.15, 0.2) is 60.7 Å². The third-order valence-electron chi connectivity index (χ3n) is 8.03. The van der Waals surface area contributed by atoms with E-state index in [0.717, 1.165) is 11.1 Å². The largest absolute Gasteiger partial charge is 0.480 e. The number of aliphatic carboxylic acids is 1. The molecule has 0 unspecified atom stereocenters. The number of benzene rings is 2. The third-order valence-corrected chi connectivity index (χ3v) is 8.03. The quantitative estimate of drug-likeness (QED) is 0.0419. The number of amides is 2. The number of guanidine groups is 2. The second kappa shape index (κ2) is 20.4. The number of carboxylic acid groups (broad SMARTS) is 1. The van der Waals surface area contributed by atoms with Gasteiger partial charge in [0.15, 0.2) is 5.78 Å². The summed E-state index contributed by atoms with van der Waals surface area (Å²) in [5.41, 5.74) is 23.6. The van der Waals surface area contributed by atoms with E-state index in [1.807, 2.05) is 60.7 Å². The predicted octanol–water partition coefficient (Wildman–Crippen LogP) is -1.58. The number of nitrogens with two attached hydrogens (primary N) is 4. The summed E-state index contributed by atoms with van der Waals surface area (Å²) in [7, 11) is 0. The highest BCUT2D eigenvalue weighted by molar-refractivity contribution is 5.94. The summed E-state index contributed by atoms with van der Waals surface area (Å²) >= 11 is 0. The van der Waals surface area contributed by atoms with Crippen LogP contribution in [0.4, 0.5) is 0 Å². The number of carbonyl (C=O) groups excluding carboxylic acids is 3. The Labute approximate surface area is 289 Å². The van der Waals surface area contributed by atoms with E-state index in [9.17, 15) is 24.3 Å². The number of rotatable bonds is 21. The van der Waals surface area contributed by atoms with Crippen LogP contribution in [0.1, 0.15) is 70.4 Å². The zero-order valence-corrected chi connectivity index (χ0v) is 29.0. The Morgan fingerprint density at radius 2 is 1.16 bits per heavy atom. The van der Waals surface area contributed by atoms with Crippen LogP contribution >= 0.6 is 0 Å². The second-order valence-corrected chi connectivity index (χ2v) is 13.7. The van der Waals surface area contributed by atoms with Gasteiger partial charge < -0.3 is 15.7 Å². The Morgan fingerprint density at radius 3 is 1.65 bits per heavy atom. The maximum Gasteiger partial charge on any atom is 0.338 e. The molecular weight excluding hydrogens is 624 g/mol. The Bertz CT molecular complexity index is 1400. The molecule has 2 rings (SSSR count). The van der Waals surface area contributed by atoms with Gasteiger partial charge in [0.05, 0.1) is 19.1 Å². The fourth-order valence-corrected chi connectivity index (χ4v) is 5.66. The standard InChI is InChI=1S/C36H54N8O5/c1-36(2,3)23-27(20-24-12-6-4-7-13-24)32(47)44-29(21-25-14-8-5-9-15-25)30(45)22-26(16-10-18-41-34(37)38)31(46)43-28(33(48)49)17-11-19-42-35(39)40/h4-9,12-15,26-29H,10-11,16-23H2,1-3H3,(H,43,46)(H,44,47)(H,48,49)(H4,37,38,41)(H4,39,40,42)/p+2/t26-,27-,28+,29+/m0/s1. The Balaban J connectivity index is 2.33. The zero-order chi connectivity index (χ0) is 36.4. The first-order chi connectivity index (χ1) is 23.1. The number of carboxylic acids is 1. The molecule has 13 N–H and O–H groups in total. The molecule has 0 aliphatic carbocycles. The average molecular weight is 681 g/mol. The minimum atomic E-state index is -1.20. The van der Waals surface area contributed by atoms with Crippen molar-refractivity contribution in [3.8, 4) is 0 Å². The molecule has 0 bridgehead atoms. The number of ketones is 1. The van der Waals surface area contributed by atoms with Crippen molar-refractivity contribution in [2.45, 2.75) is 84.2 Å². The van der Waals surface area contributed by atoms with Gasteiger partial charge in [0.1, 0.15) is 6.04 Å². The van der Waals surface area contributed by atoms with Crippen molar-refractivity contribution in [2.24, 2.45) is 40.2 Å². The second-order valence-electron chi connectivity index (χ2n) is 13.7. The van der Waals surface area contributed by atoms with Crippen LogP contribution in [-0.2, 0) is 32.0 Å². The van der Waals surface area contributed by atoms with Crippen molar-refractivity contribution in [2.75, 3.05) is 13.1 Å². The van der Waals surface area contributed by atoms with Crippen LogP contribution in [0.2, 0.25) is 0 Å². The summed E-state index contributed by atoms with van der Waals surface area (Å²) in [6.07, 6.45) is 2.30. The first kappa shape index (κ1) is 40.2. The highest BCUT2D eigenvalue weighted by atomic mass is 16.4. The van der Waals surface area contributed by atoms with E-state index in [1.165, 1.54) is 0 Å². The molecule has 49 heavy (non-hydrogen) atoms. The smallest absolute Gasteiger partial charge is 0.338 e. The lowest BCUT2D eigenvalue weighted by molar-refractivity contribution is -0.460. The Hall–Kier alpha value is -4.94. The molecule has 0 aromatic heterocycles. The molecule has 13 nitrogen and oxygen atoms in total. The van der Waals surface area contributed by atoms with Gasteiger partial charge >= 0.3 is 17.9 Å². The molecule has 0 saturated carbocycles. The number of nitrogens with one attached hydrogen (secondary N) is 4. The van der Waals surface area contributed by atoms with Crippen molar-refractivity contribution >= 4 is 35.5 Å². The molecule has 2 aromatic rings. The van der Waals surface area contributed by atoms with Gasteiger partial charge in [-0.05, 0) is 61.5 Å². The summed E-state index contributed by atoms with van der Waals surface area (Å²) in [6.45, 7) is 6.90. The third kappa shape index (κ3) is 16.6. The van der Waals surface area contributed by atoms with Crippen LogP contribution in [0.5, 0.6) is 0 Å². The van der Waals surface area contributed by atoms with Crippen molar-refractivity contribution < 1.29 is 34.3 Å². The maximum atomic E-state index is 14.1. The van der Waals surface area contributed by atoms with E-state index in [0.29, 0.717) is 38.8 Å². The number of carbonyl (C=O) groups is 4. The SMILES string of the molecule is CC(C)(C)C[C@H](Cc1ccccc1)C(=O)N[C@H](Cc1ccccc1)C(=O)C[C@H](CCC[NH+]=C(N)N)C(=O)N[C@H](CCC[NH+]=C(N)N)C(=O)O. The molecular formula is C36H56N8O5+2. The molecule has 0 saturated heterocycles. The van der Waals surface area contributed by atoms with Gasteiger partial charge in [-0.25, -0.2) is 4.79 Å². The van der Waals surface area contributed by atoms with Gasteiger partial charge in [0, 0.05) is 18.3 Å². The van der Waals surface area contributed by atoms with Crippen molar-refractivity contribution in [3.05, 3.63) is 71.8 Å². The van der Waals surface area contributed by atoms with E-state index in [4.69, 9.17) is 22.9 Å². The van der Waals surface area contributed by atoms with Crippen LogP contribution in [-0.4, -0.2) is 65.8 Å². The molecule has 13 heteroatoms. The van der Waals surface area contributed by atoms with E-state index in [2.05, 4.69) is 41.4 Å². The molecule has 2 amide bonds. The molecule has 0 aliphatic heterocycles. The molecule has 0 aliphatic rings. The molecule has 0 radical (unpaired) electrons. The predicted molar refractivity (Wildman–Crippen MR) is 189 cm³/mol. The van der Waals surface area contributed by atoms with Crippen molar-refractivity contribution in [3.63, 3.8) is 0 Å². The van der Waals surface area contributed by atoms with E-state index < -0.39 is 35.8 Å². The average Bonchev–Trinajstić information content (AvgIpc) is 3.03. The molecule has 0 spiro atoms. The molecule has 0 heterocycles. The number of hydrogen-bond acceptors (Lipinski definition) is 4. The number of hydrogen-bond donors (Lipinski definition) is 9. The first-order valence-corrected chi connectivity index (χ1v) is 16.8. The fourth-order valence-electron chi connectivity index (χ4n) is 5.66. The molecule has 0 fully saturated rings. The normalized spacial score (nSPS) is 13.6. The van der Waals surface area contributed by atoms with Crippen LogP contribution in [0.3, 0.4) is 0 Å². The maximum absolute atomic E-state index is 14.1. The number of Topliss-reactive ketones (excluding diaryl/α,β-unsaturated/α-hetero) is 1. The van der Waals surface area contributed by atoms with E-state index >= 15 is 0 Å². The van der Waals surface area contributed by atoms with Crippen molar-refractivity contribution in [1.29, 1.82) is 0 Å². The summed E-state index contributed by atoms with van der Waals surface area (Å²) in [5, 5.41) is 15.5. The van der Waals surface area contributed by atoms with Gasteiger partial charge in [-0.2, -0.15) is 0 Å². The van der Waals surface area contributed by atoms with Gasteiger partial charge in [-0.1, -0.05) is 81.4 Å². The van der Waals surface area contributed by atoms with Crippen LogP contribution < -0.4 is 43.6 Å². The topological polar surface area (TPSA) is 245 Å². The molecule has 268 valence electrons. The molecule has 2 aromatic carbocycles. The Morgan fingerprint density at radius 1 is 0.694 bits per heavy atom. The van der Waals surface area contributed by atoms with E-state index in [1.54, 1.807) is 0 Å². The summed E-state index contributed by atoms with van der Waals surface area (Å²) in [4.78, 5) is 59.2. The lowest BCUT2D eigenvalue weighted by Crippen LogP contribution is -2.78. The highest BCUT2D eigenvalue weighted by Gasteiger charge is 2.32. The Kier molecular flexibility index (Phi) is 16.8. The van der Waals surface area contributed by atoms with Gasteiger partial charge in [-0.3, -0.25) is 47.3 Å².